The lowest BCUT2D eigenvalue weighted by Gasteiger charge is -2.38. The lowest BCUT2D eigenvalue weighted by atomic mass is 9.89. The van der Waals surface area contributed by atoms with Crippen molar-refractivity contribution in [1.82, 2.24) is 10.3 Å². The van der Waals surface area contributed by atoms with E-state index in [4.69, 9.17) is 10.5 Å². The van der Waals surface area contributed by atoms with Crippen molar-refractivity contribution in [2.24, 2.45) is 0 Å². The van der Waals surface area contributed by atoms with Crippen LogP contribution in [0.25, 0.3) is 0 Å². The first-order chi connectivity index (χ1) is 11.2. The number of ether oxygens (including phenoxy) is 1. The fraction of sp³-hybridized carbons (Fsp3) is 0.368. The van der Waals surface area contributed by atoms with Crippen molar-refractivity contribution in [3.63, 3.8) is 0 Å². The van der Waals surface area contributed by atoms with E-state index in [1.807, 2.05) is 58.0 Å². The number of anilines is 1. The number of benzene rings is 1. The summed E-state index contributed by atoms with van der Waals surface area (Å²) in [4.78, 5) is 17.1. The van der Waals surface area contributed by atoms with Gasteiger partial charge in [-0.25, -0.2) is 0 Å². The third-order valence-corrected chi connectivity index (χ3v) is 4.27. The lowest BCUT2D eigenvalue weighted by Crippen LogP contribution is -2.41. The molecule has 1 unspecified atom stereocenters. The largest absolute Gasteiger partial charge is 0.487 e. The number of hydrogen-bond donors (Lipinski definition) is 2. The number of aryl methyl sites for hydroxylation is 2. The highest BCUT2D eigenvalue weighted by atomic mass is 16.5. The highest BCUT2D eigenvalue weighted by molar-refractivity contribution is 5.95. The number of carbonyl (C=O) groups is 1. The monoisotopic (exact) mass is 325 g/mol. The molecule has 1 atom stereocenters. The van der Waals surface area contributed by atoms with E-state index in [0.29, 0.717) is 17.7 Å². The molecule has 0 aliphatic carbocycles. The summed E-state index contributed by atoms with van der Waals surface area (Å²) < 4.78 is 6.01. The SMILES string of the molecule is Cc1ccc(C(=O)NC2CC(C)(C)Oc3ccc(N)cc32)c(C)n1. The molecule has 2 aromatic rings. The van der Waals surface area contributed by atoms with Crippen LogP contribution in [-0.2, 0) is 0 Å². The van der Waals surface area contributed by atoms with Crippen molar-refractivity contribution in [3.05, 3.63) is 52.8 Å². The Balaban J connectivity index is 1.91. The Morgan fingerprint density at radius 3 is 2.75 bits per heavy atom. The molecule has 1 aliphatic heterocycles. The molecule has 3 rings (SSSR count). The summed E-state index contributed by atoms with van der Waals surface area (Å²) in [6.45, 7) is 7.80. The van der Waals surface area contributed by atoms with Crippen LogP contribution in [0.5, 0.6) is 5.75 Å². The standard InChI is InChI=1S/C19H23N3O2/c1-11-5-7-14(12(2)21-11)18(23)22-16-10-19(3,4)24-17-8-6-13(20)9-15(16)17/h5-9,16H,10,20H2,1-4H3,(H,22,23). The average molecular weight is 325 g/mol. The highest BCUT2D eigenvalue weighted by Gasteiger charge is 2.35. The minimum absolute atomic E-state index is 0.129. The number of aromatic nitrogens is 1. The Labute approximate surface area is 142 Å². The maximum atomic E-state index is 12.7. The Morgan fingerprint density at radius 1 is 1.29 bits per heavy atom. The van der Waals surface area contributed by atoms with Gasteiger partial charge in [-0.1, -0.05) is 0 Å². The number of nitrogens with zero attached hydrogens (tertiary/aromatic N) is 1. The van der Waals surface area contributed by atoms with E-state index >= 15 is 0 Å². The molecule has 1 aromatic carbocycles. The second-order valence-electron chi connectivity index (χ2n) is 6.97. The molecule has 0 saturated carbocycles. The average Bonchev–Trinajstić information content (AvgIpc) is 2.47. The maximum absolute atomic E-state index is 12.7. The van der Waals surface area contributed by atoms with Crippen molar-refractivity contribution < 1.29 is 9.53 Å². The van der Waals surface area contributed by atoms with Crippen LogP contribution < -0.4 is 15.8 Å². The van der Waals surface area contributed by atoms with Crippen LogP contribution >= 0.6 is 0 Å². The summed E-state index contributed by atoms with van der Waals surface area (Å²) in [5, 5.41) is 3.12. The van der Waals surface area contributed by atoms with E-state index in [1.165, 1.54) is 0 Å². The van der Waals surface area contributed by atoms with Gasteiger partial charge in [0.25, 0.3) is 5.91 Å². The molecular weight excluding hydrogens is 302 g/mol. The van der Waals surface area contributed by atoms with Crippen LogP contribution in [0.3, 0.4) is 0 Å². The number of amides is 1. The van der Waals surface area contributed by atoms with E-state index < -0.39 is 0 Å². The van der Waals surface area contributed by atoms with Gasteiger partial charge in [-0.05, 0) is 58.0 Å². The van der Waals surface area contributed by atoms with Gasteiger partial charge in [0.1, 0.15) is 11.4 Å². The zero-order chi connectivity index (χ0) is 17.5. The number of hydrogen-bond acceptors (Lipinski definition) is 4. The van der Waals surface area contributed by atoms with Crippen molar-refractivity contribution in [1.29, 1.82) is 0 Å². The smallest absolute Gasteiger partial charge is 0.253 e. The number of pyridine rings is 1. The van der Waals surface area contributed by atoms with Crippen LogP contribution in [0, 0.1) is 13.8 Å². The summed E-state index contributed by atoms with van der Waals surface area (Å²) in [5.41, 5.74) is 9.35. The zero-order valence-corrected chi connectivity index (χ0v) is 14.5. The van der Waals surface area contributed by atoms with E-state index in [0.717, 1.165) is 22.7 Å². The van der Waals surface area contributed by atoms with E-state index in [2.05, 4.69) is 10.3 Å². The predicted octanol–water partition coefficient (Wildman–Crippen LogP) is 3.31. The van der Waals surface area contributed by atoms with E-state index in [9.17, 15) is 4.79 Å². The number of fused-ring (bicyclic) bond motifs is 1. The second-order valence-corrected chi connectivity index (χ2v) is 6.97. The normalized spacial score (nSPS) is 18.4. The van der Waals surface area contributed by atoms with Gasteiger partial charge >= 0.3 is 0 Å². The summed E-state index contributed by atoms with van der Waals surface area (Å²) in [6.07, 6.45) is 0.674. The topological polar surface area (TPSA) is 77.2 Å². The van der Waals surface area contributed by atoms with Gasteiger partial charge in [-0.2, -0.15) is 0 Å². The Kier molecular flexibility index (Phi) is 3.95. The third-order valence-electron chi connectivity index (χ3n) is 4.27. The van der Waals surface area contributed by atoms with Gasteiger partial charge < -0.3 is 15.8 Å². The first kappa shape index (κ1) is 16.3. The molecule has 1 amide bonds. The molecule has 1 aromatic heterocycles. The molecule has 0 bridgehead atoms. The zero-order valence-electron chi connectivity index (χ0n) is 14.5. The van der Waals surface area contributed by atoms with Gasteiger partial charge in [-0.15, -0.1) is 0 Å². The molecule has 0 fully saturated rings. The van der Waals surface area contributed by atoms with Crippen LogP contribution in [-0.4, -0.2) is 16.5 Å². The summed E-state index contributed by atoms with van der Waals surface area (Å²) in [6, 6.07) is 9.06. The Hall–Kier alpha value is -2.56. The van der Waals surface area contributed by atoms with Crippen molar-refractivity contribution in [2.75, 3.05) is 5.73 Å². The van der Waals surface area contributed by atoms with Crippen LogP contribution in [0.1, 0.15) is 53.6 Å². The van der Waals surface area contributed by atoms with Crippen LogP contribution in [0.4, 0.5) is 5.69 Å². The molecule has 1 aliphatic rings. The molecule has 0 radical (unpaired) electrons. The lowest BCUT2D eigenvalue weighted by molar-refractivity contribution is 0.0620. The molecule has 3 N–H and O–H groups in total. The fourth-order valence-electron chi connectivity index (χ4n) is 3.16. The van der Waals surface area contributed by atoms with E-state index in [1.54, 1.807) is 0 Å². The quantitative estimate of drug-likeness (QED) is 0.831. The van der Waals surface area contributed by atoms with Gasteiger partial charge in [0.15, 0.2) is 0 Å². The first-order valence-corrected chi connectivity index (χ1v) is 8.09. The summed E-state index contributed by atoms with van der Waals surface area (Å²) >= 11 is 0. The Bertz CT molecular complexity index is 799. The molecule has 5 nitrogen and oxygen atoms in total. The minimum atomic E-state index is -0.359. The first-order valence-electron chi connectivity index (χ1n) is 8.09. The molecule has 2 heterocycles. The Morgan fingerprint density at radius 2 is 2.04 bits per heavy atom. The van der Waals surface area contributed by atoms with Crippen molar-refractivity contribution in [2.45, 2.75) is 45.8 Å². The minimum Gasteiger partial charge on any atom is -0.487 e. The van der Waals surface area contributed by atoms with Crippen molar-refractivity contribution in [3.8, 4) is 5.75 Å². The van der Waals surface area contributed by atoms with E-state index in [-0.39, 0.29) is 17.6 Å². The number of carbonyl (C=O) groups excluding carboxylic acids is 1. The van der Waals surface area contributed by atoms with Gasteiger partial charge in [-0.3, -0.25) is 9.78 Å². The molecule has 0 spiro atoms. The molecule has 24 heavy (non-hydrogen) atoms. The van der Waals surface area contributed by atoms with Crippen molar-refractivity contribution >= 4 is 11.6 Å². The number of nitrogens with two attached hydrogens (primary N) is 1. The number of nitrogens with one attached hydrogen (secondary N) is 1. The van der Waals surface area contributed by atoms with Crippen LogP contribution in [0.2, 0.25) is 0 Å². The molecule has 0 saturated heterocycles. The number of nitrogen functional groups attached to an aromatic ring is 1. The maximum Gasteiger partial charge on any atom is 0.253 e. The summed E-state index contributed by atoms with van der Waals surface area (Å²) in [5.74, 6) is 0.639. The molecule has 126 valence electrons. The third kappa shape index (κ3) is 3.20. The second kappa shape index (κ2) is 5.82. The van der Waals surface area contributed by atoms with Gasteiger partial charge in [0, 0.05) is 23.4 Å². The summed E-state index contributed by atoms with van der Waals surface area (Å²) in [7, 11) is 0. The number of rotatable bonds is 2. The van der Waals surface area contributed by atoms with Gasteiger partial charge in [0.05, 0.1) is 17.3 Å². The fourth-order valence-corrected chi connectivity index (χ4v) is 3.16. The van der Waals surface area contributed by atoms with Crippen LogP contribution in [0.15, 0.2) is 30.3 Å². The van der Waals surface area contributed by atoms with Gasteiger partial charge in [0.2, 0.25) is 0 Å². The predicted molar refractivity (Wildman–Crippen MR) is 94.1 cm³/mol. The molecular formula is C19H23N3O2. The highest BCUT2D eigenvalue weighted by Crippen LogP contribution is 2.40. The molecule has 5 heteroatoms.